The number of rotatable bonds is 2. The predicted octanol–water partition coefficient (Wildman–Crippen LogP) is 5.49. The fourth-order valence-electron chi connectivity index (χ4n) is 1.48. The van der Waals surface area contributed by atoms with E-state index < -0.39 is 0 Å². The standard InChI is InChI=1S/C13H9NS4/c1-9(10-2-4-14-5-3-10)11-8-17-13(18-11)12-15-6-7-16-12/h2-8H,1H2. The van der Waals surface area contributed by atoms with E-state index in [1.807, 2.05) is 23.9 Å². The summed E-state index contributed by atoms with van der Waals surface area (Å²) in [6, 6.07) is 4.00. The summed E-state index contributed by atoms with van der Waals surface area (Å²) in [5.74, 6) is 0. The SMILES string of the molecule is C=C(C1=CSC(=C2SC=CS2)S1)c1ccncc1. The zero-order valence-electron chi connectivity index (χ0n) is 9.33. The molecule has 0 radical (unpaired) electrons. The quantitative estimate of drug-likeness (QED) is 0.714. The van der Waals surface area contributed by atoms with Crippen LogP contribution >= 0.6 is 47.0 Å². The van der Waals surface area contributed by atoms with Crippen LogP contribution in [0.2, 0.25) is 0 Å². The Bertz CT molecular complexity index is 562. The Morgan fingerprint density at radius 2 is 1.72 bits per heavy atom. The molecule has 5 heteroatoms. The number of nitrogens with zero attached hydrogens (tertiary/aromatic N) is 1. The van der Waals surface area contributed by atoms with Crippen molar-refractivity contribution < 1.29 is 0 Å². The molecule has 3 heterocycles. The number of hydrogen-bond donors (Lipinski definition) is 0. The van der Waals surface area contributed by atoms with Crippen LogP contribution in [0, 0.1) is 0 Å². The van der Waals surface area contributed by atoms with Crippen molar-refractivity contribution in [1.82, 2.24) is 4.98 Å². The second-order valence-electron chi connectivity index (χ2n) is 3.50. The van der Waals surface area contributed by atoms with E-state index in [9.17, 15) is 0 Å². The van der Waals surface area contributed by atoms with Crippen LogP contribution in [0.15, 0.2) is 60.7 Å². The third-order valence-electron chi connectivity index (χ3n) is 2.37. The highest BCUT2D eigenvalue weighted by Crippen LogP contribution is 2.55. The summed E-state index contributed by atoms with van der Waals surface area (Å²) in [5, 5.41) is 6.45. The van der Waals surface area contributed by atoms with Gasteiger partial charge in [0.1, 0.15) is 0 Å². The highest BCUT2D eigenvalue weighted by Gasteiger charge is 2.20. The molecular weight excluding hydrogens is 298 g/mol. The molecule has 3 rings (SSSR count). The van der Waals surface area contributed by atoms with Gasteiger partial charge in [0.05, 0.1) is 8.47 Å². The summed E-state index contributed by atoms with van der Waals surface area (Å²) in [7, 11) is 0. The Morgan fingerprint density at radius 3 is 2.44 bits per heavy atom. The van der Waals surface area contributed by atoms with Crippen molar-refractivity contribution in [1.29, 1.82) is 0 Å². The van der Waals surface area contributed by atoms with Crippen LogP contribution in [-0.2, 0) is 0 Å². The number of allylic oxidation sites excluding steroid dienone is 1. The summed E-state index contributed by atoms with van der Waals surface area (Å²) in [6.07, 6.45) is 3.61. The van der Waals surface area contributed by atoms with Gasteiger partial charge < -0.3 is 0 Å². The molecular formula is C13H9NS4. The van der Waals surface area contributed by atoms with Crippen molar-refractivity contribution >= 4 is 52.6 Å². The van der Waals surface area contributed by atoms with Gasteiger partial charge in [0, 0.05) is 17.3 Å². The molecule has 1 aromatic rings. The lowest BCUT2D eigenvalue weighted by atomic mass is 10.1. The lowest BCUT2D eigenvalue weighted by molar-refractivity contribution is 1.32. The smallest absolute Gasteiger partial charge is 0.0700 e. The fourth-order valence-corrected chi connectivity index (χ4v) is 5.95. The molecule has 0 amide bonds. The van der Waals surface area contributed by atoms with Gasteiger partial charge in [-0.05, 0) is 39.5 Å². The molecule has 1 nitrogen and oxygen atoms in total. The maximum atomic E-state index is 4.19. The first-order valence-electron chi connectivity index (χ1n) is 5.21. The summed E-state index contributed by atoms with van der Waals surface area (Å²) >= 11 is 7.20. The molecule has 0 fully saturated rings. The van der Waals surface area contributed by atoms with Gasteiger partial charge in [-0.25, -0.2) is 0 Å². The van der Waals surface area contributed by atoms with E-state index in [0.29, 0.717) is 0 Å². The average molecular weight is 307 g/mol. The molecule has 0 N–H and O–H groups in total. The summed E-state index contributed by atoms with van der Waals surface area (Å²) in [4.78, 5) is 5.27. The molecule has 2 aliphatic rings. The van der Waals surface area contributed by atoms with Crippen LogP contribution in [0.5, 0.6) is 0 Å². The normalized spacial score (nSPS) is 18.3. The number of hydrogen-bond acceptors (Lipinski definition) is 5. The van der Waals surface area contributed by atoms with Crippen molar-refractivity contribution in [3.8, 4) is 0 Å². The Hall–Kier alpha value is -0.490. The van der Waals surface area contributed by atoms with Crippen molar-refractivity contribution in [3.05, 3.63) is 66.3 Å². The van der Waals surface area contributed by atoms with Crippen molar-refractivity contribution in [2.45, 2.75) is 0 Å². The highest BCUT2D eigenvalue weighted by atomic mass is 32.2. The summed E-state index contributed by atoms with van der Waals surface area (Å²) in [6.45, 7) is 4.19. The maximum Gasteiger partial charge on any atom is 0.0700 e. The minimum atomic E-state index is 1.08. The van der Waals surface area contributed by atoms with Crippen LogP contribution in [0.4, 0.5) is 0 Å². The van der Waals surface area contributed by atoms with Gasteiger partial charge in [-0.2, -0.15) is 0 Å². The van der Waals surface area contributed by atoms with Gasteiger partial charge in [0.2, 0.25) is 0 Å². The van der Waals surface area contributed by atoms with E-state index in [-0.39, 0.29) is 0 Å². The lowest BCUT2D eigenvalue weighted by Crippen LogP contribution is -1.83. The molecule has 90 valence electrons. The minimum absolute atomic E-state index is 1.08. The third kappa shape index (κ3) is 2.59. The largest absolute Gasteiger partial charge is 0.265 e. The molecule has 0 spiro atoms. The minimum Gasteiger partial charge on any atom is -0.265 e. The molecule has 0 atom stereocenters. The van der Waals surface area contributed by atoms with E-state index in [1.54, 1.807) is 47.7 Å². The number of thioether (sulfide) groups is 4. The molecule has 0 unspecified atom stereocenters. The van der Waals surface area contributed by atoms with Gasteiger partial charge in [-0.3, -0.25) is 4.98 Å². The van der Waals surface area contributed by atoms with Crippen molar-refractivity contribution in [2.75, 3.05) is 0 Å². The van der Waals surface area contributed by atoms with E-state index >= 15 is 0 Å². The molecule has 2 aliphatic heterocycles. The van der Waals surface area contributed by atoms with Crippen molar-refractivity contribution in [2.24, 2.45) is 0 Å². The zero-order chi connectivity index (χ0) is 12.4. The Balaban J connectivity index is 1.76. The lowest BCUT2D eigenvalue weighted by Gasteiger charge is -2.06. The molecule has 0 bridgehead atoms. The third-order valence-corrected chi connectivity index (χ3v) is 7.45. The number of aromatic nitrogens is 1. The predicted molar refractivity (Wildman–Crippen MR) is 87.9 cm³/mol. The monoisotopic (exact) mass is 307 g/mol. The summed E-state index contributed by atoms with van der Waals surface area (Å²) in [5.41, 5.74) is 2.21. The first kappa shape index (κ1) is 12.5. The zero-order valence-corrected chi connectivity index (χ0v) is 12.6. The molecule has 0 saturated heterocycles. The Kier molecular flexibility index (Phi) is 3.94. The first-order chi connectivity index (χ1) is 8.84. The van der Waals surface area contributed by atoms with Crippen LogP contribution in [0.3, 0.4) is 0 Å². The first-order valence-corrected chi connectivity index (χ1v) is 8.67. The van der Waals surface area contributed by atoms with E-state index in [2.05, 4.69) is 27.8 Å². The van der Waals surface area contributed by atoms with Gasteiger partial charge in [-0.15, -0.1) is 0 Å². The van der Waals surface area contributed by atoms with Crippen LogP contribution in [0.25, 0.3) is 5.57 Å². The Labute approximate surface area is 123 Å². The second-order valence-corrected chi connectivity index (χ2v) is 7.78. The molecule has 18 heavy (non-hydrogen) atoms. The van der Waals surface area contributed by atoms with Gasteiger partial charge in [-0.1, -0.05) is 53.6 Å². The highest BCUT2D eigenvalue weighted by molar-refractivity contribution is 8.33. The van der Waals surface area contributed by atoms with E-state index in [1.165, 1.54) is 13.4 Å². The number of pyridine rings is 1. The maximum absolute atomic E-state index is 4.19. The average Bonchev–Trinajstić information content (AvgIpc) is 3.09. The fraction of sp³-hybridized carbons (Fsp3) is 0. The second kappa shape index (κ2) is 5.65. The van der Waals surface area contributed by atoms with E-state index in [4.69, 9.17) is 0 Å². The molecule has 0 aromatic carbocycles. The van der Waals surface area contributed by atoms with Gasteiger partial charge in [0.25, 0.3) is 0 Å². The van der Waals surface area contributed by atoms with Crippen LogP contribution in [0.1, 0.15) is 5.56 Å². The van der Waals surface area contributed by atoms with Crippen LogP contribution < -0.4 is 0 Å². The molecule has 0 aliphatic carbocycles. The molecule has 1 aromatic heterocycles. The summed E-state index contributed by atoms with van der Waals surface area (Å²) < 4.78 is 2.74. The van der Waals surface area contributed by atoms with E-state index in [0.717, 1.165) is 11.1 Å². The Morgan fingerprint density at radius 1 is 1.00 bits per heavy atom. The van der Waals surface area contributed by atoms with Gasteiger partial charge >= 0.3 is 0 Å². The van der Waals surface area contributed by atoms with Crippen molar-refractivity contribution in [3.63, 3.8) is 0 Å². The van der Waals surface area contributed by atoms with Gasteiger partial charge in [0.15, 0.2) is 0 Å². The molecule has 0 saturated carbocycles. The van der Waals surface area contributed by atoms with Crippen LogP contribution in [-0.4, -0.2) is 4.98 Å². The topological polar surface area (TPSA) is 12.9 Å².